The Bertz CT molecular complexity index is 461. The molecule has 5 heteroatoms. The van der Waals surface area contributed by atoms with Crippen LogP contribution >= 0.6 is 15.9 Å². The molecule has 1 aromatic carbocycles. The molecule has 1 N–H and O–H groups in total. The molecule has 1 aromatic rings. The van der Waals surface area contributed by atoms with Gasteiger partial charge in [-0.2, -0.15) is 0 Å². The summed E-state index contributed by atoms with van der Waals surface area (Å²) >= 11 is 3.34. The highest BCUT2D eigenvalue weighted by molar-refractivity contribution is 9.10. The maximum Gasteiger partial charge on any atom is 0.334 e. The monoisotopic (exact) mass is 313 g/mol. The molecule has 1 amide bonds. The summed E-state index contributed by atoms with van der Waals surface area (Å²) in [6, 6.07) is 6.81. The largest absolute Gasteiger partial charge is 0.479 e. The average Bonchev–Trinajstić information content (AvgIpc) is 2.29. The number of hydrogen-bond donors (Lipinski definition) is 1. The lowest BCUT2D eigenvalue weighted by atomic mass is 9.89. The normalized spacial score (nSPS) is 14.1. The standard InChI is InChI=1S/C13H16BrNO3/c1-9(2)15(8-16)13(3,12(17)18)10-6-4-5-7-11(10)14/h4-9H,1-3H3,(H,17,18). The third-order valence-corrected chi connectivity index (χ3v) is 3.69. The van der Waals surface area contributed by atoms with Gasteiger partial charge in [-0.1, -0.05) is 34.1 Å². The molecule has 4 nitrogen and oxygen atoms in total. The van der Waals surface area contributed by atoms with E-state index in [0.29, 0.717) is 16.4 Å². The fraction of sp³-hybridized carbons (Fsp3) is 0.385. The number of carbonyl (C=O) groups is 2. The Morgan fingerprint density at radius 1 is 1.44 bits per heavy atom. The van der Waals surface area contributed by atoms with E-state index in [4.69, 9.17) is 0 Å². The van der Waals surface area contributed by atoms with Crippen LogP contribution in [0.25, 0.3) is 0 Å². The molecule has 1 rings (SSSR count). The van der Waals surface area contributed by atoms with Crippen LogP contribution in [0.4, 0.5) is 0 Å². The summed E-state index contributed by atoms with van der Waals surface area (Å²) < 4.78 is 0.669. The van der Waals surface area contributed by atoms with Gasteiger partial charge < -0.3 is 10.0 Å². The number of hydrogen-bond acceptors (Lipinski definition) is 2. The number of carboxylic acid groups (broad SMARTS) is 1. The van der Waals surface area contributed by atoms with Crippen LogP contribution in [-0.2, 0) is 15.1 Å². The van der Waals surface area contributed by atoms with Gasteiger partial charge >= 0.3 is 5.97 Å². The topological polar surface area (TPSA) is 57.6 Å². The summed E-state index contributed by atoms with van der Waals surface area (Å²) in [5.41, 5.74) is -0.839. The number of rotatable bonds is 5. The van der Waals surface area contributed by atoms with Gasteiger partial charge in [0.05, 0.1) is 0 Å². The van der Waals surface area contributed by atoms with Gasteiger partial charge in [-0.25, -0.2) is 4.79 Å². The molecular weight excluding hydrogens is 298 g/mol. The van der Waals surface area contributed by atoms with E-state index in [9.17, 15) is 14.7 Å². The first-order chi connectivity index (χ1) is 8.35. The zero-order valence-electron chi connectivity index (χ0n) is 10.6. The molecule has 0 aliphatic carbocycles. The van der Waals surface area contributed by atoms with Crippen LogP contribution in [0.15, 0.2) is 28.7 Å². The predicted octanol–water partition coefficient (Wildman–Crippen LogP) is 2.62. The third kappa shape index (κ3) is 2.41. The summed E-state index contributed by atoms with van der Waals surface area (Å²) in [5.74, 6) is -1.06. The molecule has 1 unspecified atom stereocenters. The molecule has 0 aliphatic heterocycles. The third-order valence-electron chi connectivity index (χ3n) is 3.00. The van der Waals surface area contributed by atoms with Crippen LogP contribution in [0.3, 0.4) is 0 Å². The molecule has 0 saturated carbocycles. The molecule has 18 heavy (non-hydrogen) atoms. The smallest absolute Gasteiger partial charge is 0.334 e. The zero-order chi connectivity index (χ0) is 13.9. The maximum absolute atomic E-state index is 11.7. The first-order valence-corrected chi connectivity index (χ1v) is 6.37. The molecule has 0 fully saturated rings. The van der Waals surface area contributed by atoms with Crippen molar-refractivity contribution in [2.75, 3.05) is 0 Å². The van der Waals surface area contributed by atoms with Crippen LogP contribution < -0.4 is 0 Å². The van der Waals surface area contributed by atoms with Crippen LogP contribution in [0.5, 0.6) is 0 Å². The Kier molecular flexibility index (Phi) is 4.51. The van der Waals surface area contributed by atoms with Crippen molar-refractivity contribution < 1.29 is 14.7 Å². The van der Waals surface area contributed by atoms with Crippen LogP contribution in [0.2, 0.25) is 0 Å². The van der Waals surface area contributed by atoms with Crippen molar-refractivity contribution in [3.63, 3.8) is 0 Å². The average molecular weight is 314 g/mol. The fourth-order valence-electron chi connectivity index (χ4n) is 1.96. The first kappa shape index (κ1) is 14.7. The molecule has 98 valence electrons. The van der Waals surface area contributed by atoms with Crippen molar-refractivity contribution in [1.29, 1.82) is 0 Å². The number of amides is 1. The number of aliphatic carboxylic acids is 1. The van der Waals surface area contributed by atoms with E-state index < -0.39 is 11.5 Å². The lowest BCUT2D eigenvalue weighted by Gasteiger charge is -2.38. The minimum Gasteiger partial charge on any atom is -0.479 e. The molecule has 0 bridgehead atoms. The summed E-state index contributed by atoms with van der Waals surface area (Å²) in [4.78, 5) is 24.2. The second kappa shape index (κ2) is 5.52. The first-order valence-electron chi connectivity index (χ1n) is 5.57. The highest BCUT2D eigenvalue weighted by Crippen LogP contribution is 2.34. The second-order valence-corrected chi connectivity index (χ2v) is 5.32. The Hall–Kier alpha value is -1.36. The fourth-order valence-corrected chi connectivity index (χ4v) is 2.64. The number of carboxylic acids is 1. The summed E-state index contributed by atoms with van der Waals surface area (Å²) in [5, 5.41) is 9.54. The van der Waals surface area contributed by atoms with Crippen LogP contribution in [0.1, 0.15) is 26.3 Å². The minimum atomic E-state index is -1.39. The Balaban J connectivity index is 3.45. The van der Waals surface area contributed by atoms with Gasteiger partial charge in [-0.15, -0.1) is 0 Å². The Labute approximate surface area is 115 Å². The van der Waals surface area contributed by atoms with E-state index in [0.717, 1.165) is 0 Å². The number of carbonyl (C=O) groups excluding carboxylic acids is 1. The lowest BCUT2D eigenvalue weighted by Crippen LogP contribution is -2.52. The summed E-state index contributed by atoms with van der Waals surface area (Å²) in [6.45, 7) is 5.10. The molecule has 0 spiro atoms. The maximum atomic E-state index is 11.7. The minimum absolute atomic E-state index is 0.212. The quantitative estimate of drug-likeness (QED) is 0.850. The second-order valence-electron chi connectivity index (χ2n) is 4.46. The van der Waals surface area contributed by atoms with E-state index in [1.165, 1.54) is 11.8 Å². The summed E-state index contributed by atoms with van der Waals surface area (Å²) in [7, 11) is 0. The van der Waals surface area contributed by atoms with E-state index in [1.54, 1.807) is 38.1 Å². The van der Waals surface area contributed by atoms with E-state index in [2.05, 4.69) is 15.9 Å². The van der Waals surface area contributed by atoms with E-state index >= 15 is 0 Å². The van der Waals surface area contributed by atoms with Crippen molar-refractivity contribution in [2.45, 2.75) is 32.4 Å². The van der Waals surface area contributed by atoms with Gasteiger partial charge in [-0.05, 0) is 26.8 Å². The molecule has 0 radical (unpaired) electrons. The van der Waals surface area contributed by atoms with Crippen LogP contribution in [-0.4, -0.2) is 28.4 Å². The van der Waals surface area contributed by atoms with Crippen molar-refractivity contribution in [3.05, 3.63) is 34.3 Å². The molecule has 1 atom stereocenters. The van der Waals surface area contributed by atoms with Gasteiger partial charge in [0.15, 0.2) is 5.54 Å². The molecule has 0 heterocycles. The number of nitrogens with zero attached hydrogens (tertiary/aromatic N) is 1. The summed E-state index contributed by atoms with van der Waals surface area (Å²) in [6.07, 6.45) is 0.582. The van der Waals surface area contributed by atoms with Crippen molar-refractivity contribution in [2.24, 2.45) is 0 Å². The van der Waals surface area contributed by atoms with Gasteiger partial charge in [0.2, 0.25) is 6.41 Å². The van der Waals surface area contributed by atoms with Crippen molar-refractivity contribution >= 4 is 28.3 Å². The highest BCUT2D eigenvalue weighted by Gasteiger charge is 2.43. The van der Waals surface area contributed by atoms with Crippen molar-refractivity contribution in [3.8, 4) is 0 Å². The van der Waals surface area contributed by atoms with Crippen molar-refractivity contribution in [1.82, 2.24) is 4.90 Å². The number of benzene rings is 1. The van der Waals surface area contributed by atoms with Gasteiger partial charge in [0, 0.05) is 16.1 Å². The highest BCUT2D eigenvalue weighted by atomic mass is 79.9. The van der Waals surface area contributed by atoms with Gasteiger partial charge in [0.1, 0.15) is 0 Å². The van der Waals surface area contributed by atoms with Gasteiger partial charge in [-0.3, -0.25) is 4.79 Å². The van der Waals surface area contributed by atoms with Crippen LogP contribution in [0, 0.1) is 0 Å². The molecular formula is C13H16BrNO3. The Morgan fingerprint density at radius 3 is 2.39 bits per heavy atom. The lowest BCUT2D eigenvalue weighted by molar-refractivity contribution is -0.156. The molecule has 0 aromatic heterocycles. The molecule has 0 aliphatic rings. The zero-order valence-corrected chi connectivity index (χ0v) is 12.1. The van der Waals surface area contributed by atoms with E-state index in [1.807, 2.05) is 0 Å². The van der Waals surface area contributed by atoms with E-state index in [-0.39, 0.29) is 6.04 Å². The number of halogens is 1. The molecule has 0 saturated heterocycles. The predicted molar refractivity (Wildman–Crippen MR) is 72.2 cm³/mol. The Morgan fingerprint density at radius 2 is 2.00 bits per heavy atom. The van der Waals surface area contributed by atoms with Gasteiger partial charge in [0.25, 0.3) is 0 Å². The SMILES string of the molecule is CC(C)N(C=O)C(C)(C(=O)O)c1ccccc1Br.